The van der Waals surface area contributed by atoms with E-state index in [-0.39, 0.29) is 5.38 Å². The monoisotopic (exact) mass is 430 g/mol. The molecule has 2 aromatic rings. The molecule has 0 saturated carbocycles. The minimum absolute atomic E-state index is 0.267. The molecule has 0 spiro atoms. The number of hydrogen-bond acceptors (Lipinski definition) is 2. The fourth-order valence-electron chi connectivity index (χ4n) is 2.51. The largest absolute Gasteiger partial charge is 0.496 e. The minimum Gasteiger partial charge on any atom is -0.496 e. The van der Waals surface area contributed by atoms with Crippen molar-refractivity contribution in [3.63, 3.8) is 0 Å². The van der Waals surface area contributed by atoms with Crippen LogP contribution >= 0.6 is 43.5 Å². The quantitative estimate of drug-likeness (QED) is 0.598. The van der Waals surface area contributed by atoms with Crippen LogP contribution in [0.2, 0.25) is 0 Å². The topological polar surface area (TPSA) is 18.5 Å². The maximum absolute atomic E-state index is 6.69. The summed E-state index contributed by atoms with van der Waals surface area (Å²) in [6.07, 6.45) is 0.928. The van der Waals surface area contributed by atoms with E-state index in [1.165, 1.54) is 5.56 Å². The highest BCUT2D eigenvalue weighted by atomic mass is 79.9. The number of benzene rings is 2. The molecule has 1 unspecified atom stereocenters. The molecule has 5 heteroatoms. The molecule has 0 amide bonds. The summed E-state index contributed by atoms with van der Waals surface area (Å²) in [6, 6.07) is 10.00. The fourth-order valence-corrected chi connectivity index (χ4v) is 3.89. The van der Waals surface area contributed by atoms with Gasteiger partial charge in [0.05, 0.1) is 23.6 Å². The van der Waals surface area contributed by atoms with Crippen LogP contribution in [0.1, 0.15) is 22.1 Å². The van der Waals surface area contributed by atoms with Crippen molar-refractivity contribution in [1.29, 1.82) is 0 Å². The molecule has 0 bridgehead atoms. The normalized spacial score (nSPS) is 14.5. The Kier molecular flexibility index (Phi) is 4.48. The lowest BCUT2D eigenvalue weighted by Crippen LogP contribution is -1.98. The summed E-state index contributed by atoms with van der Waals surface area (Å²) in [5, 5.41) is -0.267. The smallest absolute Gasteiger partial charge is 0.133 e. The van der Waals surface area contributed by atoms with Crippen molar-refractivity contribution in [1.82, 2.24) is 0 Å². The molecule has 1 aliphatic heterocycles. The average molecular weight is 433 g/mol. The predicted octanol–water partition coefficient (Wildman–Crippen LogP) is 5.48. The third-order valence-corrected chi connectivity index (χ3v) is 5.08. The van der Waals surface area contributed by atoms with Crippen LogP contribution in [0.3, 0.4) is 0 Å². The van der Waals surface area contributed by atoms with Gasteiger partial charge in [-0.3, -0.25) is 0 Å². The summed E-state index contributed by atoms with van der Waals surface area (Å²) in [5.41, 5.74) is 3.20. The Bertz CT molecular complexity index is 688. The Morgan fingerprint density at radius 2 is 2.05 bits per heavy atom. The van der Waals surface area contributed by atoms with Gasteiger partial charge >= 0.3 is 0 Å². The van der Waals surface area contributed by atoms with Crippen LogP contribution in [0, 0.1) is 0 Å². The van der Waals surface area contributed by atoms with Crippen LogP contribution in [0.4, 0.5) is 0 Å². The molecule has 2 nitrogen and oxygen atoms in total. The summed E-state index contributed by atoms with van der Waals surface area (Å²) in [5.74, 6) is 1.71. The van der Waals surface area contributed by atoms with Crippen molar-refractivity contribution >= 4 is 43.5 Å². The molecule has 2 aromatic carbocycles. The second kappa shape index (κ2) is 6.19. The van der Waals surface area contributed by atoms with Crippen molar-refractivity contribution < 1.29 is 9.47 Å². The summed E-state index contributed by atoms with van der Waals surface area (Å²) in [6.45, 7) is 0.717. The maximum Gasteiger partial charge on any atom is 0.133 e. The van der Waals surface area contributed by atoms with Gasteiger partial charge in [-0.15, -0.1) is 11.6 Å². The first-order valence-electron chi connectivity index (χ1n) is 6.52. The van der Waals surface area contributed by atoms with Crippen LogP contribution in [-0.4, -0.2) is 13.7 Å². The molecule has 21 heavy (non-hydrogen) atoms. The summed E-state index contributed by atoms with van der Waals surface area (Å²) < 4.78 is 12.9. The summed E-state index contributed by atoms with van der Waals surface area (Å²) in [7, 11) is 1.65. The number of hydrogen-bond donors (Lipinski definition) is 0. The Morgan fingerprint density at radius 1 is 1.24 bits per heavy atom. The van der Waals surface area contributed by atoms with E-state index in [9.17, 15) is 0 Å². The van der Waals surface area contributed by atoms with Gasteiger partial charge in [0, 0.05) is 16.5 Å². The maximum atomic E-state index is 6.69. The lowest BCUT2D eigenvalue weighted by molar-refractivity contribution is 0.353. The van der Waals surface area contributed by atoms with Crippen molar-refractivity contribution in [3.05, 3.63) is 56.0 Å². The van der Waals surface area contributed by atoms with Gasteiger partial charge in [0.2, 0.25) is 0 Å². The van der Waals surface area contributed by atoms with E-state index < -0.39 is 0 Å². The van der Waals surface area contributed by atoms with Crippen LogP contribution in [-0.2, 0) is 6.42 Å². The Balaban J connectivity index is 2.03. The Labute approximate surface area is 145 Å². The lowest BCUT2D eigenvalue weighted by Gasteiger charge is -2.16. The molecule has 1 heterocycles. The van der Waals surface area contributed by atoms with E-state index in [2.05, 4.69) is 37.9 Å². The zero-order valence-electron chi connectivity index (χ0n) is 11.3. The number of ether oxygens (including phenoxy) is 2. The molecular formula is C16H13Br2ClO2. The zero-order valence-corrected chi connectivity index (χ0v) is 15.3. The second-order valence-corrected chi connectivity index (χ2v) is 7.04. The molecule has 1 atom stereocenters. The van der Waals surface area contributed by atoms with Gasteiger partial charge in [-0.1, -0.05) is 22.0 Å². The molecule has 0 aromatic heterocycles. The molecule has 110 valence electrons. The number of fused-ring (bicyclic) bond motifs is 1. The Morgan fingerprint density at radius 3 is 2.76 bits per heavy atom. The molecule has 0 aliphatic carbocycles. The SMILES string of the molecule is COc1ccc(C(Cl)c2cc(Br)cc3c2OCC3)cc1Br. The van der Waals surface area contributed by atoms with E-state index in [0.717, 1.165) is 38.0 Å². The number of alkyl halides is 1. The second-order valence-electron chi connectivity index (χ2n) is 4.84. The van der Waals surface area contributed by atoms with E-state index in [4.69, 9.17) is 21.1 Å². The van der Waals surface area contributed by atoms with Gasteiger partial charge in [0.15, 0.2) is 0 Å². The van der Waals surface area contributed by atoms with E-state index >= 15 is 0 Å². The van der Waals surface area contributed by atoms with Crippen molar-refractivity contribution in [3.8, 4) is 11.5 Å². The van der Waals surface area contributed by atoms with Gasteiger partial charge < -0.3 is 9.47 Å². The van der Waals surface area contributed by atoms with Gasteiger partial charge in [-0.2, -0.15) is 0 Å². The van der Waals surface area contributed by atoms with Crippen LogP contribution in [0.5, 0.6) is 11.5 Å². The van der Waals surface area contributed by atoms with Crippen LogP contribution in [0.25, 0.3) is 0 Å². The minimum atomic E-state index is -0.267. The van der Waals surface area contributed by atoms with E-state index in [1.54, 1.807) is 7.11 Å². The van der Waals surface area contributed by atoms with Gasteiger partial charge in [-0.05, 0) is 51.3 Å². The molecule has 0 fully saturated rings. The molecule has 3 rings (SSSR count). The molecule has 0 saturated heterocycles. The summed E-state index contributed by atoms with van der Waals surface area (Å²) >= 11 is 13.7. The predicted molar refractivity (Wildman–Crippen MR) is 91.7 cm³/mol. The molecule has 1 aliphatic rings. The standard InChI is InChI=1S/C16H13Br2ClO2/c1-20-14-3-2-9(7-13(14)18)15(19)12-8-11(17)6-10-4-5-21-16(10)12/h2-3,6-8,15H,4-5H2,1H3. The third kappa shape index (κ3) is 2.94. The molecular weight excluding hydrogens is 419 g/mol. The first kappa shape index (κ1) is 15.2. The summed E-state index contributed by atoms with van der Waals surface area (Å²) in [4.78, 5) is 0. The molecule has 0 N–H and O–H groups in total. The van der Waals surface area contributed by atoms with Crippen molar-refractivity contribution in [2.24, 2.45) is 0 Å². The number of halogens is 3. The van der Waals surface area contributed by atoms with Crippen LogP contribution < -0.4 is 9.47 Å². The van der Waals surface area contributed by atoms with Gasteiger partial charge in [0.1, 0.15) is 11.5 Å². The van der Waals surface area contributed by atoms with Crippen molar-refractivity contribution in [2.75, 3.05) is 13.7 Å². The highest BCUT2D eigenvalue weighted by Crippen LogP contribution is 2.42. The highest BCUT2D eigenvalue weighted by molar-refractivity contribution is 9.10. The Hall–Kier alpha value is -0.710. The molecule has 0 radical (unpaired) electrons. The third-order valence-electron chi connectivity index (χ3n) is 3.52. The van der Waals surface area contributed by atoms with E-state index in [1.807, 2.05) is 24.3 Å². The highest BCUT2D eigenvalue weighted by Gasteiger charge is 2.23. The lowest BCUT2D eigenvalue weighted by atomic mass is 10.0. The van der Waals surface area contributed by atoms with E-state index in [0.29, 0.717) is 6.61 Å². The number of methoxy groups -OCH3 is 1. The zero-order chi connectivity index (χ0) is 15.0. The van der Waals surface area contributed by atoms with Gasteiger partial charge in [-0.25, -0.2) is 0 Å². The number of rotatable bonds is 3. The first-order valence-corrected chi connectivity index (χ1v) is 8.55. The van der Waals surface area contributed by atoms with Gasteiger partial charge in [0.25, 0.3) is 0 Å². The first-order chi connectivity index (χ1) is 10.1. The van der Waals surface area contributed by atoms with Crippen LogP contribution in [0.15, 0.2) is 39.3 Å². The average Bonchev–Trinajstić information content (AvgIpc) is 2.93. The van der Waals surface area contributed by atoms with Crippen molar-refractivity contribution in [2.45, 2.75) is 11.8 Å². The fraction of sp³-hybridized carbons (Fsp3) is 0.250.